The first-order chi connectivity index (χ1) is 14.8. The lowest BCUT2D eigenvalue weighted by Gasteiger charge is -2.13. The average molecular weight is 421 g/mol. The van der Waals surface area contributed by atoms with E-state index in [2.05, 4.69) is 20.5 Å². The van der Waals surface area contributed by atoms with Gasteiger partial charge in [0.2, 0.25) is 11.7 Å². The van der Waals surface area contributed by atoms with Gasteiger partial charge in [0.05, 0.1) is 24.8 Å². The number of amides is 1. The minimum absolute atomic E-state index is 0.113. The van der Waals surface area contributed by atoms with Crippen LogP contribution in [0.2, 0.25) is 0 Å². The molecule has 4 aromatic rings. The van der Waals surface area contributed by atoms with E-state index < -0.39 is 0 Å². The number of methoxy groups -OCH3 is 1. The summed E-state index contributed by atoms with van der Waals surface area (Å²) < 4.78 is 12.9. The number of para-hydroxylation sites is 2. The predicted octanol–water partition coefficient (Wildman–Crippen LogP) is 3.34. The van der Waals surface area contributed by atoms with Crippen LogP contribution in [0.25, 0.3) is 17.3 Å². The van der Waals surface area contributed by atoms with E-state index in [9.17, 15) is 4.79 Å². The van der Waals surface area contributed by atoms with Crippen molar-refractivity contribution in [2.45, 2.75) is 11.7 Å². The van der Waals surface area contributed by atoms with Gasteiger partial charge in [-0.2, -0.15) is 0 Å². The van der Waals surface area contributed by atoms with Crippen LogP contribution in [-0.4, -0.2) is 38.5 Å². The van der Waals surface area contributed by atoms with E-state index in [1.165, 1.54) is 11.8 Å². The molecule has 3 aromatic heterocycles. The SMILES string of the molecule is COc1ccccc1-n1c(SCC(=O)NCc2cccnc2)nnc1-c1ccco1. The topological polar surface area (TPSA) is 95.1 Å². The molecule has 3 heterocycles. The van der Waals surface area contributed by atoms with Crippen LogP contribution >= 0.6 is 11.8 Å². The number of nitrogens with zero attached hydrogens (tertiary/aromatic N) is 4. The molecule has 0 atom stereocenters. The molecule has 1 aromatic carbocycles. The maximum Gasteiger partial charge on any atom is 0.230 e. The van der Waals surface area contributed by atoms with Gasteiger partial charge in [-0.25, -0.2) is 0 Å². The number of furan rings is 1. The average Bonchev–Trinajstić information content (AvgIpc) is 3.46. The van der Waals surface area contributed by atoms with Crippen LogP contribution in [0.4, 0.5) is 0 Å². The summed E-state index contributed by atoms with van der Waals surface area (Å²) in [6.07, 6.45) is 5.00. The van der Waals surface area contributed by atoms with Gasteiger partial charge < -0.3 is 14.5 Å². The van der Waals surface area contributed by atoms with Crippen LogP contribution in [0, 0.1) is 0 Å². The Morgan fingerprint density at radius 1 is 1.17 bits per heavy atom. The largest absolute Gasteiger partial charge is 0.495 e. The Bertz CT molecular complexity index is 1110. The fourth-order valence-electron chi connectivity index (χ4n) is 2.84. The second-order valence-electron chi connectivity index (χ2n) is 6.22. The smallest absolute Gasteiger partial charge is 0.230 e. The van der Waals surface area contributed by atoms with E-state index >= 15 is 0 Å². The number of carbonyl (C=O) groups excluding carboxylic acids is 1. The molecule has 0 radical (unpaired) electrons. The minimum Gasteiger partial charge on any atom is -0.495 e. The third-order valence-electron chi connectivity index (χ3n) is 4.25. The summed E-state index contributed by atoms with van der Waals surface area (Å²) in [6.45, 7) is 0.421. The molecule has 0 saturated heterocycles. The van der Waals surface area contributed by atoms with Gasteiger partial charge in [0, 0.05) is 18.9 Å². The zero-order chi connectivity index (χ0) is 20.8. The van der Waals surface area contributed by atoms with Gasteiger partial charge in [0.25, 0.3) is 0 Å². The number of rotatable bonds is 8. The molecule has 0 bridgehead atoms. The lowest BCUT2D eigenvalue weighted by atomic mass is 10.3. The molecular weight excluding hydrogens is 402 g/mol. The van der Waals surface area contributed by atoms with Crippen LogP contribution in [0.1, 0.15) is 5.56 Å². The molecule has 0 aliphatic heterocycles. The number of hydrogen-bond donors (Lipinski definition) is 1. The Balaban J connectivity index is 1.55. The van der Waals surface area contributed by atoms with Crippen LogP contribution in [0.3, 0.4) is 0 Å². The fourth-order valence-corrected chi connectivity index (χ4v) is 3.62. The Hall–Kier alpha value is -3.59. The monoisotopic (exact) mass is 421 g/mol. The number of benzene rings is 1. The number of ether oxygens (including phenoxy) is 1. The van der Waals surface area contributed by atoms with Crippen molar-refractivity contribution in [3.8, 4) is 23.0 Å². The summed E-state index contributed by atoms with van der Waals surface area (Å²) in [4.78, 5) is 16.4. The summed E-state index contributed by atoms with van der Waals surface area (Å²) in [6, 6.07) is 14.9. The molecule has 152 valence electrons. The Kier molecular flexibility index (Phi) is 6.09. The molecule has 1 N–H and O–H groups in total. The summed E-state index contributed by atoms with van der Waals surface area (Å²) in [5.74, 6) is 1.83. The molecular formula is C21H19N5O3S. The van der Waals surface area contributed by atoms with Crippen molar-refractivity contribution in [2.75, 3.05) is 12.9 Å². The van der Waals surface area contributed by atoms with Gasteiger partial charge in [0.15, 0.2) is 10.9 Å². The van der Waals surface area contributed by atoms with Crippen LogP contribution in [0.5, 0.6) is 5.75 Å². The molecule has 0 saturated carbocycles. The van der Waals surface area contributed by atoms with Crippen LogP contribution in [0.15, 0.2) is 76.8 Å². The third-order valence-corrected chi connectivity index (χ3v) is 5.17. The Morgan fingerprint density at radius 2 is 2.07 bits per heavy atom. The molecule has 30 heavy (non-hydrogen) atoms. The van der Waals surface area contributed by atoms with Gasteiger partial charge in [0.1, 0.15) is 5.75 Å². The normalized spacial score (nSPS) is 10.7. The van der Waals surface area contributed by atoms with E-state index in [4.69, 9.17) is 9.15 Å². The zero-order valence-corrected chi connectivity index (χ0v) is 17.0. The molecule has 0 fully saturated rings. The Morgan fingerprint density at radius 3 is 2.83 bits per heavy atom. The molecule has 9 heteroatoms. The zero-order valence-electron chi connectivity index (χ0n) is 16.2. The maximum atomic E-state index is 12.3. The minimum atomic E-state index is -0.113. The highest BCUT2D eigenvalue weighted by atomic mass is 32.2. The molecule has 0 aliphatic carbocycles. The summed E-state index contributed by atoms with van der Waals surface area (Å²) >= 11 is 1.29. The van der Waals surface area contributed by atoms with E-state index in [1.54, 1.807) is 31.8 Å². The van der Waals surface area contributed by atoms with E-state index in [0.717, 1.165) is 11.3 Å². The number of thioether (sulfide) groups is 1. The second-order valence-corrected chi connectivity index (χ2v) is 7.16. The highest BCUT2D eigenvalue weighted by Crippen LogP contribution is 2.32. The highest BCUT2D eigenvalue weighted by molar-refractivity contribution is 7.99. The third kappa shape index (κ3) is 4.36. The number of aromatic nitrogens is 4. The molecule has 0 unspecified atom stereocenters. The second kappa shape index (κ2) is 9.27. The summed E-state index contributed by atoms with van der Waals surface area (Å²) in [7, 11) is 1.61. The lowest BCUT2D eigenvalue weighted by Crippen LogP contribution is -2.24. The van der Waals surface area contributed by atoms with E-state index in [0.29, 0.717) is 29.0 Å². The summed E-state index contributed by atoms with van der Waals surface area (Å²) in [5, 5.41) is 12.0. The van der Waals surface area contributed by atoms with Gasteiger partial charge in [-0.3, -0.25) is 14.3 Å². The number of carbonyl (C=O) groups is 1. The van der Waals surface area contributed by atoms with Crippen molar-refractivity contribution in [3.05, 3.63) is 72.8 Å². The lowest BCUT2D eigenvalue weighted by molar-refractivity contribution is -0.118. The molecule has 4 rings (SSSR count). The van der Waals surface area contributed by atoms with Crippen molar-refractivity contribution in [1.82, 2.24) is 25.1 Å². The van der Waals surface area contributed by atoms with Gasteiger partial charge in [-0.15, -0.1) is 10.2 Å². The van der Waals surface area contributed by atoms with Crippen molar-refractivity contribution < 1.29 is 13.9 Å². The predicted molar refractivity (Wildman–Crippen MR) is 112 cm³/mol. The molecule has 0 aliphatic rings. The van der Waals surface area contributed by atoms with E-state index in [-0.39, 0.29) is 11.7 Å². The number of nitrogens with one attached hydrogen (secondary N) is 1. The quantitative estimate of drug-likeness (QED) is 0.436. The van der Waals surface area contributed by atoms with E-state index in [1.807, 2.05) is 47.0 Å². The maximum absolute atomic E-state index is 12.3. The summed E-state index contributed by atoms with van der Waals surface area (Å²) in [5.41, 5.74) is 1.70. The Labute approximate surface area is 177 Å². The van der Waals surface area contributed by atoms with Gasteiger partial charge in [-0.05, 0) is 35.9 Å². The highest BCUT2D eigenvalue weighted by Gasteiger charge is 2.21. The fraction of sp³-hybridized carbons (Fsp3) is 0.143. The molecule has 1 amide bonds. The number of pyridine rings is 1. The first-order valence-corrected chi connectivity index (χ1v) is 10.2. The first-order valence-electron chi connectivity index (χ1n) is 9.17. The molecule has 0 spiro atoms. The van der Waals surface area contributed by atoms with Crippen molar-refractivity contribution >= 4 is 17.7 Å². The van der Waals surface area contributed by atoms with Crippen LogP contribution < -0.4 is 10.1 Å². The van der Waals surface area contributed by atoms with Crippen molar-refractivity contribution in [1.29, 1.82) is 0 Å². The van der Waals surface area contributed by atoms with Crippen molar-refractivity contribution in [3.63, 3.8) is 0 Å². The van der Waals surface area contributed by atoms with Gasteiger partial charge >= 0.3 is 0 Å². The standard InChI is InChI=1S/C21H19N5O3S/c1-28-17-8-3-2-7-16(17)26-20(18-9-5-11-29-18)24-25-21(26)30-14-19(27)23-13-15-6-4-10-22-12-15/h2-12H,13-14H2,1H3,(H,23,27). The van der Waals surface area contributed by atoms with Crippen LogP contribution in [-0.2, 0) is 11.3 Å². The van der Waals surface area contributed by atoms with Gasteiger partial charge in [-0.1, -0.05) is 30.0 Å². The molecule has 8 nitrogen and oxygen atoms in total. The first kappa shape index (κ1) is 19.7. The van der Waals surface area contributed by atoms with Crippen molar-refractivity contribution in [2.24, 2.45) is 0 Å². The number of hydrogen-bond acceptors (Lipinski definition) is 7.